The lowest BCUT2D eigenvalue weighted by atomic mass is 10.4. The van der Waals surface area contributed by atoms with Gasteiger partial charge in [0, 0.05) is 0 Å². The van der Waals surface area contributed by atoms with Crippen molar-refractivity contribution in [1.82, 2.24) is 9.97 Å². The summed E-state index contributed by atoms with van der Waals surface area (Å²) in [6, 6.07) is 4.00. The predicted molar refractivity (Wildman–Crippen MR) is 51.9 cm³/mol. The first-order chi connectivity index (χ1) is 6.40. The number of aromatic nitrogens is 2. The van der Waals surface area contributed by atoms with Crippen molar-refractivity contribution in [3.63, 3.8) is 0 Å². The van der Waals surface area contributed by atoms with E-state index in [2.05, 4.69) is 9.97 Å². The average Bonchev–Trinajstić information content (AvgIpc) is 2.71. The molecule has 0 atom stereocenters. The smallest absolute Gasteiger partial charge is 0.232 e. The van der Waals surface area contributed by atoms with Gasteiger partial charge >= 0.3 is 0 Å². The standard InChI is InChI=1S/C9H8N2OS/c1-12-9-6-10-5-7(11-9)8-3-2-4-13-8/h2-6H,1H3. The predicted octanol–water partition coefficient (Wildman–Crippen LogP) is 2.21. The largest absolute Gasteiger partial charge is 0.480 e. The molecule has 0 unspecified atom stereocenters. The van der Waals surface area contributed by atoms with Crippen molar-refractivity contribution in [3.05, 3.63) is 29.9 Å². The highest BCUT2D eigenvalue weighted by Crippen LogP contribution is 2.22. The average molecular weight is 192 g/mol. The zero-order chi connectivity index (χ0) is 9.10. The number of thiophene rings is 1. The Morgan fingerprint density at radius 3 is 3.00 bits per heavy atom. The number of rotatable bonds is 2. The molecule has 0 fully saturated rings. The van der Waals surface area contributed by atoms with Gasteiger partial charge in [0.15, 0.2) is 0 Å². The maximum Gasteiger partial charge on any atom is 0.232 e. The molecule has 0 aliphatic carbocycles. The van der Waals surface area contributed by atoms with Gasteiger partial charge in [0.2, 0.25) is 5.88 Å². The molecule has 0 radical (unpaired) electrons. The molecule has 66 valence electrons. The fourth-order valence-corrected chi connectivity index (χ4v) is 1.67. The zero-order valence-electron chi connectivity index (χ0n) is 7.10. The van der Waals surface area contributed by atoms with Crippen molar-refractivity contribution in [3.8, 4) is 16.5 Å². The molecule has 2 rings (SSSR count). The SMILES string of the molecule is COc1cncc(-c2cccs2)n1. The molecule has 2 heterocycles. The molecular weight excluding hydrogens is 184 g/mol. The van der Waals surface area contributed by atoms with E-state index in [0.29, 0.717) is 5.88 Å². The van der Waals surface area contributed by atoms with Crippen molar-refractivity contribution in [2.75, 3.05) is 7.11 Å². The fraction of sp³-hybridized carbons (Fsp3) is 0.111. The zero-order valence-corrected chi connectivity index (χ0v) is 7.91. The highest BCUT2D eigenvalue weighted by molar-refractivity contribution is 7.13. The normalized spacial score (nSPS) is 9.92. The molecule has 3 nitrogen and oxygen atoms in total. The van der Waals surface area contributed by atoms with Crippen LogP contribution in [0.3, 0.4) is 0 Å². The monoisotopic (exact) mass is 192 g/mol. The van der Waals surface area contributed by atoms with Crippen LogP contribution in [0.1, 0.15) is 0 Å². The van der Waals surface area contributed by atoms with Crippen LogP contribution in [0.2, 0.25) is 0 Å². The molecule has 0 aromatic carbocycles. The van der Waals surface area contributed by atoms with E-state index in [-0.39, 0.29) is 0 Å². The second kappa shape index (κ2) is 3.53. The van der Waals surface area contributed by atoms with Gasteiger partial charge in [0.1, 0.15) is 5.69 Å². The van der Waals surface area contributed by atoms with E-state index in [4.69, 9.17) is 4.74 Å². The van der Waals surface area contributed by atoms with E-state index in [1.54, 1.807) is 30.8 Å². The number of nitrogens with zero attached hydrogens (tertiary/aromatic N) is 2. The third-order valence-electron chi connectivity index (χ3n) is 1.60. The Kier molecular flexibility index (Phi) is 2.23. The van der Waals surface area contributed by atoms with Crippen LogP contribution in [0.15, 0.2) is 29.9 Å². The topological polar surface area (TPSA) is 35.0 Å². The van der Waals surface area contributed by atoms with Gasteiger partial charge < -0.3 is 4.74 Å². The first kappa shape index (κ1) is 8.19. The second-order valence-electron chi connectivity index (χ2n) is 2.42. The Bertz CT molecular complexity index is 386. The maximum absolute atomic E-state index is 4.98. The van der Waals surface area contributed by atoms with Crippen molar-refractivity contribution < 1.29 is 4.74 Å². The molecule has 2 aromatic rings. The fourth-order valence-electron chi connectivity index (χ4n) is 0.989. The van der Waals surface area contributed by atoms with Crippen LogP contribution in [-0.4, -0.2) is 17.1 Å². The summed E-state index contributed by atoms with van der Waals surface area (Å²) in [6.45, 7) is 0. The minimum Gasteiger partial charge on any atom is -0.480 e. The molecule has 0 saturated carbocycles. The third kappa shape index (κ3) is 1.67. The van der Waals surface area contributed by atoms with Gasteiger partial charge in [-0.3, -0.25) is 4.98 Å². The molecule has 0 aliphatic rings. The number of hydrogen-bond acceptors (Lipinski definition) is 4. The highest BCUT2D eigenvalue weighted by atomic mass is 32.1. The third-order valence-corrected chi connectivity index (χ3v) is 2.49. The number of hydrogen-bond donors (Lipinski definition) is 0. The van der Waals surface area contributed by atoms with Crippen molar-refractivity contribution in [2.45, 2.75) is 0 Å². The van der Waals surface area contributed by atoms with E-state index in [9.17, 15) is 0 Å². The Morgan fingerprint density at radius 2 is 2.31 bits per heavy atom. The van der Waals surface area contributed by atoms with Crippen molar-refractivity contribution >= 4 is 11.3 Å². The summed E-state index contributed by atoms with van der Waals surface area (Å²) in [5, 5.41) is 2.01. The van der Waals surface area contributed by atoms with Gasteiger partial charge in [-0.05, 0) is 11.4 Å². The van der Waals surface area contributed by atoms with Crippen molar-refractivity contribution in [1.29, 1.82) is 0 Å². The molecule has 0 aliphatic heterocycles. The highest BCUT2D eigenvalue weighted by Gasteiger charge is 2.01. The minimum absolute atomic E-state index is 0.547. The molecular formula is C9H8N2OS. The Hall–Kier alpha value is -1.42. The van der Waals surface area contributed by atoms with E-state index >= 15 is 0 Å². The summed E-state index contributed by atoms with van der Waals surface area (Å²) in [6.07, 6.45) is 3.32. The quantitative estimate of drug-likeness (QED) is 0.731. The summed E-state index contributed by atoms with van der Waals surface area (Å²) in [7, 11) is 1.59. The summed E-state index contributed by atoms with van der Waals surface area (Å²) in [5.74, 6) is 0.547. The lowest BCUT2D eigenvalue weighted by Gasteiger charge is -1.99. The van der Waals surface area contributed by atoms with Gasteiger partial charge in [-0.1, -0.05) is 6.07 Å². The van der Waals surface area contributed by atoms with Crippen LogP contribution in [0.25, 0.3) is 10.6 Å². The van der Waals surface area contributed by atoms with E-state index in [1.165, 1.54) is 0 Å². The van der Waals surface area contributed by atoms with Gasteiger partial charge in [-0.25, -0.2) is 4.98 Å². The van der Waals surface area contributed by atoms with Crippen LogP contribution in [0.5, 0.6) is 5.88 Å². The van der Waals surface area contributed by atoms with Crippen LogP contribution in [-0.2, 0) is 0 Å². The molecule has 0 spiro atoms. The van der Waals surface area contributed by atoms with E-state index in [0.717, 1.165) is 10.6 Å². The van der Waals surface area contributed by atoms with E-state index in [1.807, 2.05) is 17.5 Å². The van der Waals surface area contributed by atoms with Crippen LogP contribution in [0, 0.1) is 0 Å². The van der Waals surface area contributed by atoms with Crippen LogP contribution < -0.4 is 4.74 Å². The van der Waals surface area contributed by atoms with Gasteiger partial charge in [0.05, 0.1) is 24.4 Å². The van der Waals surface area contributed by atoms with Crippen LogP contribution in [0.4, 0.5) is 0 Å². The van der Waals surface area contributed by atoms with Gasteiger partial charge in [-0.15, -0.1) is 11.3 Å². The molecule has 0 bridgehead atoms. The molecule has 2 aromatic heterocycles. The summed E-state index contributed by atoms with van der Waals surface area (Å²) in [5.41, 5.74) is 0.856. The summed E-state index contributed by atoms with van der Waals surface area (Å²) in [4.78, 5) is 9.39. The Labute approximate surface area is 80.0 Å². The molecule has 0 N–H and O–H groups in total. The summed E-state index contributed by atoms with van der Waals surface area (Å²) >= 11 is 1.64. The van der Waals surface area contributed by atoms with E-state index < -0.39 is 0 Å². The summed E-state index contributed by atoms with van der Waals surface area (Å²) < 4.78 is 4.98. The Balaban J connectivity index is 2.41. The van der Waals surface area contributed by atoms with Gasteiger partial charge in [-0.2, -0.15) is 0 Å². The lowest BCUT2D eigenvalue weighted by Crippen LogP contribution is -1.90. The first-order valence-corrected chi connectivity index (χ1v) is 4.68. The molecule has 13 heavy (non-hydrogen) atoms. The number of ether oxygens (including phenoxy) is 1. The second-order valence-corrected chi connectivity index (χ2v) is 3.37. The molecule has 4 heteroatoms. The van der Waals surface area contributed by atoms with Gasteiger partial charge in [0.25, 0.3) is 0 Å². The molecule has 0 saturated heterocycles. The van der Waals surface area contributed by atoms with Crippen molar-refractivity contribution in [2.24, 2.45) is 0 Å². The van der Waals surface area contributed by atoms with Crippen LogP contribution >= 0.6 is 11.3 Å². The maximum atomic E-state index is 4.98. The Morgan fingerprint density at radius 1 is 1.38 bits per heavy atom. The lowest BCUT2D eigenvalue weighted by molar-refractivity contribution is 0.396. The minimum atomic E-state index is 0.547. The first-order valence-electron chi connectivity index (χ1n) is 3.80. The number of methoxy groups -OCH3 is 1. The molecule has 0 amide bonds.